The van der Waals surface area contributed by atoms with E-state index < -0.39 is 11.8 Å². The molecule has 1 heterocycles. The van der Waals surface area contributed by atoms with Crippen LogP contribution in [0.1, 0.15) is 12.5 Å². The predicted molar refractivity (Wildman–Crippen MR) is 127 cm³/mol. The van der Waals surface area contributed by atoms with Crippen molar-refractivity contribution in [3.63, 3.8) is 0 Å². The van der Waals surface area contributed by atoms with E-state index in [1.165, 1.54) is 7.11 Å². The molecule has 1 N–H and O–H groups in total. The highest BCUT2D eigenvalue weighted by Gasteiger charge is 2.40. The van der Waals surface area contributed by atoms with Gasteiger partial charge in [0.05, 0.1) is 37.8 Å². The smallest absolute Gasteiger partial charge is 0.282 e. The summed E-state index contributed by atoms with van der Waals surface area (Å²) in [5.74, 6) is 0.887. The number of carbonyl (C=O) groups is 2. The molecule has 0 saturated carbocycles. The number of rotatable bonds is 8. The van der Waals surface area contributed by atoms with Crippen molar-refractivity contribution in [3.8, 4) is 17.2 Å². The second-order valence-corrected chi connectivity index (χ2v) is 7.18. The zero-order valence-corrected chi connectivity index (χ0v) is 18.6. The minimum atomic E-state index is -0.458. The Hall–Kier alpha value is -4.26. The molecule has 0 spiro atoms. The highest BCUT2D eigenvalue weighted by Crippen LogP contribution is 2.37. The van der Waals surface area contributed by atoms with Crippen LogP contribution in [0.2, 0.25) is 0 Å². The Morgan fingerprint density at radius 2 is 1.52 bits per heavy atom. The fraction of sp³-hybridized carbons (Fsp3) is 0.154. The van der Waals surface area contributed by atoms with Crippen molar-refractivity contribution in [2.75, 3.05) is 31.0 Å². The monoisotopic (exact) mass is 444 g/mol. The summed E-state index contributed by atoms with van der Waals surface area (Å²) in [6, 6.07) is 21.2. The summed E-state index contributed by atoms with van der Waals surface area (Å²) in [5, 5.41) is 3.13. The van der Waals surface area contributed by atoms with Crippen LogP contribution in [-0.4, -0.2) is 32.6 Å². The van der Waals surface area contributed by atoms with Crippen LogP contribution in [0.25, 0.3) is 5.57 Å². The van der Waals surface area contributed by atoms with Gasteiger partial charge in [0, 0.05) is 6.07 Å². The van der Waals surface area contributed by atoms with Crippen molar-refractivity contribution >= 4 is 28.8 Å². The maximum absolute atomic E-state index is 13.5. The number of nitrogens with zero attached hydrogens (tertiary/aromatic N) is 1. The first kappa shape index (κ1) is 22.0. The number of imide groups is 1. The first-order valence-electron chi connectivity index (χ1n) is 10.5. The van der Waals surface area contributed by atoms with Crippen LogP contribution >= 0.6 is 0 Å². The Bertz CT molecular complexity index is 1200. The summed E-state index contributed by atoms with van der Waals surface area (Å²) in [5.41, 5.74) is 2.09. The van der Waals surface area contributed by atoms with Crippen LogP contribution in [0.3, 0.4) is 0 Å². The minimum Gasteiger partial charge on any atom is -0.497 e. The van der Waals surface area contributed by atoms with Crippen LogP contribution in [0, 0.1) is 0 Å². The minimum absolute atomic E-state index is 0.170. The van der Waals surface area contributed by atoms with E-state index in [1.54, 1.807) is 61.7 Å². The van der Waals surface area contributed by atoms with Crippen LogP contribution in [-0.2, 0) is 9.59 Å². The summed E-state index contributed by atoms with van der Waals surface area (Å²) in [7, 11) is 3.09. The number of carbonyl (C=O) groups excluding carboxylic acids is 2. The molecule has 0 saturated heterocycles. The van der Waals surface area contributed by atoms with Crippen molar-refractivity contribution in [2.45, 2.75) is 6.92 Å². The average molecular weight is 444 g/mol. The van der Waals surface area contributed by atoms with Crippen molar-refractivity contribution < 1.29 is 23.8 Å². The fourth-order valence-corrected chi connectivity index (χ4v) is 3.65. The molecule has 0 radical (unpaired) electrons. The summed E-state index contributed by atoms with van der Waals surface area (Å²) in [4.78, 5) is 28.2. The maximum Gasteiger partial charge on any atom is 0.282 e. The van der Waals surface area contributed by atoms with Gasteiger partial charge < -0.3 is 19.5 Å². The van der Waals surface area contributed by atoms with E-state index in [2.05, 4.69) is 5.32 Å². The average Bonchev–Trinajstić information content (AvgIpc) is 3.09. The molecule has 1 aliphatic rings. The number of methoxy groups -OCH3 is 2. The zero-order chi connectivity index (χ0) is 23.4. The molecule has 0 aromatic heterocycles. The first-order valence-corrected chi connectivity index (χ1v) is 10.5. The standard InChI is InChI=1S/C26H24N2O5/c1-4-33-19-12-10-18(11-13-19)28-25(29)23(17-8-6-5-7-9-17)24(26(28)30)27-21-15-14-20(31-2)16-22(21)32-3/h5-16,27H,4H2,1-3H3. The third-order valence-corrected chi connectivity index (χ3v) is 5.22. The fourth-order valence-electron chi connectivity index (χ4n) is 3.65. The van der Waals surface area contributed by atoms with E-state index in [4.69, 9.17) is 14.2 Å². The lowest BCUT2D eigenvalue weighted by Crippen LogP contribution is -2.32. The molecule has 168 valence electrons. The summed E-state index contributed by atoms with van der Waals surface area (Å²) in [6.45, 7) is 2.42. The third-order valence-electron chi connectivity index (χ3n) is 5.22. The number of nitrogens with one attached hydrogen (secondary N) is 1. The molecule has 1 aliphatic heterocycles. The van der Waals surface area contributed by atoms with Crippen molar-refractivity contribution in [1.29, 1.82) is 0 Å². The molecule has 33 heavy (non-hydrogen) atoms. The molecule has 3 aromatic carbocycles. The van der Waals surface area contributed by atoms with Gasteiger partial charge in [-0.05, 0) is 48.9 Å². The van der Waals surface area contributed by atoms with Gasteiger partial charge >= 0.3 is 0 Å². The van der Waals surface area contributed by atoms with Crippen LogP contribution in [0.15, 0.2) is 78.5 Å². The lowest BCUT2D eigenvalue weighted by atomic mass is 10.0. The van der Waals surface area contributed by atoms with Crippen LogP contribution < -0.4 is 24.4 Å². The number of anilines is 2. The molecular formula is C26H24N2O5. The Morgan fingerprint density at radius 1 is 0.818 bits per heavy atom. The largest absolute Gasteiger partial charge is 0.497 e. The lowest BCUT2D eigenvalue weighted by Gasteiger charge is -2.16. The number of ether oxygens (including phenoxy) is 3. The molecule has 0 fully saturated rings. The van der Waals surface area contributed by atoms with E-state index in [1.807, 2.05) is 25.1 Å². The van der Waals surface area contributed by atoms with Crippen LogP contribution in [0.5, 0.6) is 17.2 Å². The van der Waals surface area contributed by atoms with Gasteiger partial charge in [0.15, 0.2) is 0 Å². The van der Waals surface area contributed by atoms with E-state index in [0.29, 0.717) is 40.8 Å². The Labute approximate surface area is 192 Å². The second-order valence-electron chi connectivity index (χ2n) is 7.18. The van der Waals surface area contributed by atoms with Gasteiger partial charge in [-0.1, -0.05) is 30.3 Å². The van der Waals surface area contributed by atoms with Gasteiger partial charge in [0.2, 0.25) is 0 Å². The molecule has 0 aliphatic carbocycles. The summed E-state index contributed by atoms with van der Waals surface area (Å²) >= 11 is 0. The van der Waals surface area contributed by atoms with Gasteiger partial charge in [-0.25, -0.2) is 4.90 Å². The Balaban J connectivity index is 1.77. The quantitative estimate of drug-likeness (QED) is 0.516. The highest BCUT2D eigenvalue weighted by molar-refractivity contribution is 6.46. The van der Waals surface area contributed by atoms with Gasteiger partial charge in [-0.2, -0.15) is 0 Å². The Morgan fingerprint density at radius 3 is 2.15 bits per heavy atom. The topological polar surface area (TPSA) is 77.1 Å². The molecule has 0 atom stereocenters. The SMILES string of the molecule is CCOc1ccc(N2C(=O)C(Nc3ccc(OC)cc3OC)=C(c3ccccc3)C2=O)cc1. The molecule has 7 heteroatoms. The van der Waals surface area contributed by atoms with E-state index in [-0.39, 0.29) is 11.3 Å². The first-order chi connectivity index (χ1) is 16.1. The molecule has 2 amide bonds. The van der Waals surface area contributed by atoms with Crippen molar-refractivity contribution in [3.05, 3.63) is 84.1 Å². The van der Waals surface area contributed by atoms with Gasteiger partial charge in [-0.15, -0.1) is 0 Å². The number of amides is 2. The van der Waals surface area contributed by atoms with Gasteiger partial charge in [0.25, 0.3) is 11.8 Å². The Kier molecular flexibility index (Phi) is 6.31. The maximum atomic E-state index is 13.5. The molecule has 3 aromatic rings. The number of hydrogen-bond donors (Lipinski definition) is 1. The number of benzene rings is 3. The van der Waals surface area contributed by atoms with Crippen molar-refractivity contribution in [2.24, 2.45) is 0 Å². The molecule has 4 rings (SSSR count). The normalized spacial score (nSPS) is 13.4. The second kappa shape index (κ2) is 9.48. The molecular weight excluding hydrogens is 420 g/mol. The van der Waals surface area contributed by atoms with E-state index in [9.17, 15) is 9.59 Å². The van der Waals surface area contributed by atoms with E-state index in [0.717, 1.165) is 4.90 Å². The number of hydrogen-bond acceptors (Lipinski definition) is 6. The van der Waals surface area contributed by atoms with E-state index >= 15 is 0 Å². The van der Waals surface area contributed by atoms with Crippen LogP contribution in [0.4, 0.5) is 11.4 Å². The highest BCUT2D eigenvalue weighted by atomic mass is 16.5. The molecule has 0 unspecified atom stereocenters. The molecule has 7 nitrogen and oxygen atoms in total. The zero-order valence-electron chi connectivity index (χ0n) is 18.6. The summed E-state index contributed by atoms with van der Waals surface area (Å²) < 4.78 is 16.2. The van der Waals surface area contributed by atoms with Gasteiger partial charge in [0.1, 0.15) is 22.9 Å². The predicted octanol–water partition coefficient (Wildman–Crippen LogP) is 4.50. The molecule has 0 bridgehead atoms. The van der Waals surface area contributed by atoms with Crippen molar-refractivity contribution in [1.82, 2.24) is 0 Å². The lowest BCUT2D eigenvalue weighted by molar-refractivity contribution is -0.120. The van der Waals surface area contributed by atoms with Gasteiger partial charge in [-0.3, -0.25) is 9.59 Å². The summed E-state index contributed by atoms with van der Waals surface area (Å²) in [6.07, 6.45) is 0. The third kappa shape index (κ3) is 4.25.